The minimum absolute atomic E-state index is 0.294. The molecule has 4 unspecified atom stereocenters. The van der Waals surface area contributed by atoms with Gasteiger partial charge in [0.25, 0.3) is 0 Å². The summed E-state index contributed by atoms with van der Waals surface area (Å²) in [7, 11) is 0. The van der Waals surface area contributed by atoms with E-state index in [1.165, 1.54) is 0 Å². The lowest BCUT2D eigenvalue weighted by atomic mass is 9.99. The van der Waals surface area contributed by atoms with Crippen LogP contribution in [0.1, 0.15) is 39.5 Å². The van der Waals surface area contributed by atoms with Crippen molar-refractivity contribution in [2.24, 2.45) is 11.7 Å². The first-order valence-electron chi connectivity index (χ1n) is 9.27. The first-order valence-corrected chi connectivity index (χ1v) is 9.27. The molecule has 0 bridgehead atoms. The molecule has 1 heterocycles. The molecule has 1 rings (SSSR count). The summed E-state index contributed by atoms with van der Waals surface area (Å²) in [5.74, 6) is -4.12. The molecule has 1 aliphatic rings. The van der Waals surface area contributed by atoms with Crippen molar-refractivity contribution in [3.63, 3.8) is 0 Å². The third-order valence-corrected chi connectivity index (χ3v) is 4.63. The smallest absolute Gasteiger partial charge is 0.326 e. The molecule has 28 heavy (non-hydrogen) atoms. The predicted molar refractivity (Wildman–Crippen MR) is 98.8 cm³/mol. The molecule has 0 aromatic carbocycles. The van der Waals surface area contributed by atoms with E-state index in [1.54, 1.807) is 13.8 Å². The van der Waals surface area contributed by atoms with Gasteiger partial charge in [-0.05, 0) is 25.3 Å². The van der Waals surface area contributed by atoms with Crippen molar-refractivity contribution < 1.29 is 29.1 Å². The Balaban J connectivity index is 2.61. The van der Waals surface area contributed by atoms with Crippen molar-refractivity contribution in [3.05, 3.63) is 0 Å². The van der Waals surface area contributed by atoms with Crippen LogP contribution >= 0.6 is 0 Å². The van der Waals surface area contributed by atoms with E-state index < -0.39 is 60.7 Å². The molecular weight excluding hydrogens is 370 g/mol. The highest BCUT2D eigenvalue weighted by molar-refractivity contribution is 5.95. The van der Waals surface area contributed by atoms with Gasteiger partial charge in [-0.25, -0.2) is 4.79 Å². The summed E-state index contributed by atoms with van der Waals surface area (Å²) in [5.41, 5.74) is 5.13. The quantitative estimate of drug-likeness (QED) is 0.229. The van der Waals surface area contributed by atoms with Gasteiger partial charge in [-0.3, -0.25) is 19.2 Å². The summed E-state index contributed by atoms with van der Waals surface area (Å²) in [4.78, 5) is 58.9. The second-order valence-electron chi connectivity index (χ2n) is 6.87. The molecule has 0 aromatic rings. The van der Waals surface area contributed by atoms with E-state index in [1.807, 2.05) is 0 Å². The lowest BCUT2D eigenvalue weighted by Gasteiger charge is -2.21. The van der Waals surface area contributed by atoms with Gasteiger partial charge in [0.2, 0.25) is 23.6 Å². The van der Waals surface area contributed by atoms with Crippen molar-refractivity contribution in [1.82, 2.24) is 21.3 Å². The van der Waals surface area contributed by atoms with Crippen LogP contribution in [0.2, 0.25) is 0 Å². The highest BCUT2D eigenvalue weighted by Gasteiger charge is 2.29. The van der Waals surface area contributed by atoms with Crippen LogP contribution in [0, 0.1) is 5.92 Å². The number of carboxylic acid groups (broad SMARTS) is 1. The molecule has 158 valence electrons. The standard InChI is InChI=1S/C17H29N5O6/c1-3-9(2)14(17(27)28)22-13(24)8-20-15(25)11(7-12(18)23)21-16(26)10-5-4-6-19-10/h9-11,14,19H,3-8H2,1-2H3,(H2,18,23)(H,20,25)(H,21,26)(H,22,24)(H,27,28). The van der Waals surface area contributed by atoms with E-state index in [9.17, 15) is 29.1 Å². The van der Waals surface area contributed by atoms with E-state index in [2.05, 4.69) is 21.3 Å². The molecule has 4 atom stereocenters. The number of hydrogen-bond donors (Lipinski definition) is 6. The number of nitrogens with one attached hydrogen (secondary N) is 4. The van der Waals surface area contributed by atoms with Crippen LogP contribution in [-0.2, 0) is 24.0 Å². The van der Waals surface area contributed by atoms with Crippen LogP contribution in [0.5, 0.6) is 0 Å². The molecule has 1 saturated heterocycles. The van der Waals surface area contributed by atoms with Gasteiger partial charge >= 0.3 is 5.97 Å². The Kier molecular flexibility index (Phi) is 9.36. The molecule has 0 aromatic heterocycles. The average molecular weight is 399 g/mol. The van der Waals surface area contributed by atoms with E-state index >= 15 is 0 Å². The third-order valence-electron chi connectivity index (χ3n) is 4.63. The second kappa shape index (κ2) is 11.2. The maximum absolute atomic E-state index is 12.3. The normalized spacial score (nSPS) is 19.1. The SMILES string of the molecule is CCC(C)C(NC(=O)CNC(=O)C(CC(N)=O)NC(=O)C1CCCN1)C(=O)O. The van der Waals surface area contributed by atoms with Crippen molar-refractivity contribution in [1.29, 1.82) is 0 Å². The zero-order chi connectivity index (χ0) is 21.3. The summed E-state index contributed by atoms with van der Waals surface area (Å²) in [6, 6.07) is -2.74. The summed E-state index contributed by atoms with van der Waals surface area (Å²) >= 11 is 0. The summed E-state index contributed by atoms with van der Waals surface area (Å²) < 4.78 is 0. The Morgan fingerprint density at radius 2 is 1.89 bits per heavy atom. The van der Waals surface area contributed by atoms with Gasteiger partial charge in [0, 0.05) is 0 Å². The Morgan fingerprint density at radius 1 is 1.21 bits per heavy atom. The van der Waals surface area contributed by atoms with Crippen molar-refractivity contribution >= 4 is 29.6 Å². The molecule has 0 radical (unpaired) electrons. The molecule has 11 nitrogen and oxygen atoms in total. The number of carbonyl (C=O) groups is 5. The summed E-state index contributed by atoms with van der Waals surface area (Å²) in [6.07, 6.45) is 1.57. The van der Waals surface area contributed by atoms with Crippen molar-refractivity contribution in [3.8, 4) is 0 Å². The Hall–Kier alpha value is -2.69. The molecular formula is C17H29N5O6. The highest BCUT2D eigenvalue weighted by atomic mass is 16.4. The molecule has 4 amide bonds. The first-order chi connectivity index (χ1) is 13.1. The monoisotopic (exact) mass is 399 g/mol. The Bertz CT molecular complexity index is 605. The van der Waals surface area contributed by atoms with Crippen LogP contribution in [0.3, 0.4) is 0 Å². The number of carbonyl (C=O) groups excluding carboxylic acids is 4. The molecule has 0 aliphatic carbocycles. The number of amides is 4. The molecule has 0 saturated carbocycles. The van der Waals surface area contributed by atoms with Crippen molar-refractivity contribution in [2.75, 3.05) is 13.1 Å². The average Bonchev–Trinajstić information content (AvgIpc) is 3.17. The Labute approximate surface area is 163 Å². The van der Waals surface area contributed by atoms with E-state index in [4.69, 9.17) is 5.73 Å². The second-order valence-corrected chi connectivity index (χ2v) is 6.87. The largest absolute Gasteiger partial charge is 0.480 e. The third kappa shape index (κ3) is 7.51. The minimum Gasteiger partial charge on any atom is -0.480 e. The lowest BCUT2D eigenvalue weighted by molar-refractivity contribution is -0.143. The maximum Gasteiger partial charge on any atom is 0.326 e. The zero-order valence-electron chi connectivity index (χ0n) is 16.1. The molecule has 11 heteroatoms. The van der Waals surface area contributed by atoms with Gasteiger partial charge in [0.05, 0.1) is 19.0 Å². The number of hydrogen-bond acceptors (Lipinski definition) is 6. The van der Waals surface area contributed by atoms with Crippen LogP contribution in [0.4, 0.5) is 0 Å². The highest BCUT2D eigenvalue weighted by Crippen LogP contribution is 2.08. The molecule has 1 aliphatic heterocycles. The fourth-order valence-corrected chi connectivity index (χ4v) is 2.79. The molecule has 7 N–H and O–H groups in total. The van der Waals surface area contributed by atoms with Gasteiger partial charge in [0.1, 0.15) is 12.1 Å². The van der Waals surface area contributed by atoms with Gasteiger partial charge in [0.15, 0.2) is 0 Å². The number of aliphatic carboxylic acids is 1. The number of carboxylic acids is 1. The van der Waals surface area contributed by atoms with E-state index in [0.29, 0.717) is 19.4 Å². The van der Waals surface area contributed by atoms with E-state index in [-0.39, 0.29) is 5.92 Å². The van der Waals surface area contributed by atoms with Gasteiger partial charge in [-0.1, -0.05) is 20.3 Å². The molecule has 0 spiro atoms. The topological polar surface area (TPSA) is 180 Å². The predicted octanol–water partition coefficient (Wildman–Crippen LogP) is -2.17. The van der Waals surface area contributed by atoms with Gasteiger partial charge in [-0.2, -0.15) is 0 Å². The minimum atomic E-state index is -1.22. The fraction of sp³-hybridized carbons (Fsp3) is 0.706. The van der Waals surface area contributed by atoms with Gasteiger partial charge < -0.3 is 32.1 Å². The van der Waals surface area contributed by atoms with E-state index in [0.717, 1.165) is 6.42 Å². The van der Waals surface area contributed by atoms with Crippen LogP contribution in [-0.4, -0.2) is 65.9 Å². The Morgan fingerprint density at radius 3 is 2.39 bits per heavy atom. The zero-order valence-corrected chi connectivity index (χ0v) is 16.1. The molecule has 1 fully saturated rings. The summed E-state index contributed by atoms with van der Waals surface area (Å²) in [6.45, 7) is 3.68. The summed E-state index contributed by atoms with van der Waals surface area (Å²) in [5, 5.41) is 19.3. The first kappa shape index (κ1) is 23.3. The van der Waals surface area contributed by atoms with Gasteiger partial charge in [-0.15, -0.1) is 0 Å². The maximum atomic E-state index is 12.3. The fourth-order valence-electron chi connectivity index (χ4n) is 2.79. The van der Waals surface area contributed by atoms with Crippen molar-refractivity contribution in [2.45, 2.75) is 57.7 Å². The van der Waals surface area contributed by atoms with Crippen LogP contribution < -0.4 is 27.0 Å². The number of rotatable bonds is 11. The van der Waals surface area contributed by atoms with Crippen LogP contribution in [0.25, 0.3) is 0 Å². The van der Waals surface area contributed by atoms with Crippen LogP contribution in [0.15, 0.2) is 0 Å². The number of nitrogens with two attached hydrogens (primary N) is 1. The lowest BCUT2D eigenvalue weighted by Crippen LogP contribution is -2.54. The number of primary amides is 1.